The summed E-state index contributed by atoms with van der Waals surface area (Å²) in [6.45, 7) is 5.32. The van der Waals surface area contributed by atoms with Crippen LogP contribution >= 0.6 is 0 Å². The molecule has 0 aliphatic heterocycles. The van der Waals surface area contributed by atoms with Crippen molar-refractivity contribution >= 4 is 5.91 Å². The van der Waals surface area contributed by atoms with Crippen LogP contribution in [0.25, 0.3) is 0 Å². The van der Waals surface area contributed by atoms with Crippen LogP contribution in [0.1, 0.15) is 32.4 Å². The predicted octanol–water partition coefficient (Wildman–Crippen LogP) is 1.52. The minimum Gasteiger partial charge on any atom is -0.352 e. The van der Waals surface area contributed by atoms with Gasteiger partial charge in [-0.1, -0.05) is 19.9 Å². The van der Waals surface area contributed by atoms with Crippen LogP contribution in [0.15, 0.2) is 24.4 Å². The highest BCUT2D eigenvalue weighted by molar-refractivity contribution is 5.78. The molecule has 4 heteroatoms. The van der Waals surface area contributed by atoms with Gasteiger partial charge in [-0.15, -0.1) is 0 Å². The Kier molecular flexibility index (Phi) is 7.03. The summed E-state index contributed by atoms with van der Waals surface area (Å²) < 4.78 is 0. The first-order valence-electron chi connectivity index (χ1n) is 6.66. The van der Waals surface area contributed by atoms with Crippen molar-refractivity contribution in [2.75, 3.05) is 13.1 Å². The molecule has 0 spiro atoms. The van der Waals surface area contributed by atoms with Crippen molar-refractivity contribution in [2.45, 2.75) is 39.2 Å². The summed E-state index contributed by atoms with van der Waals surface area (Å²) in [4.78, 5) is 15.8. The lowest BCUT2D eigenvalue weighted by Gasteiger charge is -2.14. The molecule has 4 nitrogen and oxygen atoms in total. The summed E-state index contributed by atoms with van der Waals surface area (Å²) >= 11 is 0. The van der Waals surface area contributed by atoms with E-state index in [-0.39, 0.29) is 5.91 Å². The number of amides is 1. The summed E-state index contributed by atoms with van der Waals surface area (Å²) in [6.07, 6.45) is 4.60. The fraction of sp³-hybridized carbons (Fsp3) is 0.571. The molecule has 1 heterocycles. The molecule has 0 saturated carbocycles. The molecule has 0 aliphatic rings. The van der Waals surface area contributed by atoms with E-state index < -0.39 is 0 Å². The number of nitrogens with zero attached hydrogens (tertiary/aromatic N) is 1. The fourth-order valence-electron chi connectivity index (χ4n) is 1.74. The van der Waals surface area contributed by atoms with Gasteiger partial charge >= 0.3 is 0 Å². The van der Waals surface area contributed by atoms with Crippen LogP contribution < -0.4 is 10.6 Å². The lowest BCUT2D eigenvalue weighted by molar-refractivity contribution is -0.121. The normalized spacial score (nSPS) is 10.6. The van der Waals surface area contributed by atoms with E-state index in [1.807, 2.05) is 18.2 Å². The number of rotatable bonds is 8. The summed E-state index contributed by atoms with van der Waals surface area (Å²) in [6, 6.07) is 6.17. The van der Waals surface area contributed by atoms with Crippen molar-refractivity contribution in [3.63, 3.8) is 0 Å². The first-order chi connectivity index (χ1) is 8.76. The highest BCUT2D eigenvalue weighted by Gasteiger charge is 2.07. The van der Waals surface area contributed by atoms with Crippen molar-refractivity contribution in [1.82, 2.24) is 15.6 Å². The molecule has 0 fully saturated rings. The van der Waals surface area contributed by atoms with E-state index >= 15 is 0 Å². The van der Waals surface area contributed by atoms with Gasteiger partial charge in [0.1, 0.15) is 0 Å². The Morgan fingerprint density at radius 2 is 2.11 bits per heavy atom. The molecule has 1 rings (SSSR count). The van der Waals surface area contributed by atoms with E-state index in [1.165, 1.54) is 0 Å². The molecule has 0 radical (unpaired) electrons. The molecule has 1 amide bonds. The molecule has 0 bridgehead atoms. The van der Waals surface area contributed by atoms with Crippen LogP contribution in [0, 0.1) is 0 Å². The van der Waals surface area contributed by atoms with Gasteiger partial charge in [0.05, 0.1) is 6.54 Å². The van der Waals surface area contributed by atoms with E-state index in [2.05, 4.69) is 29.5 Å². The molecular formula is C14H23N3O. The van der Waals surface area contributed by atoms with Crippen LogP contribution in [-0.2, 0) is 11.2 Å². The molecule has 1 aromatic heterocycles. The van der Waals surface area contributed by atoms with Gasteiger partial charge < -0.3 is 10.6 Å². The Bertz CT molecular complexity index is 336. The van der Waals surface area contributed by atoms with Gasteiger partial charge in [-0.2, -0.15) is 0 Å². The third kappa shape index (κ3) is 5.77. The zero-order valence-corrected chi connectivity index (χ0v) is 11.3. The van der Waals surface area contributed by atoms with Gasteiger partial charge in [0.2, 0.25) is 5.91 Å². The predicted molar refractivity (Wildman–Crippen MR) is 73.3 cm³/mol. The van der Waals surface area contributed by atoms with Crippen LogP contribution in [0.3, 0.4) is 0 Å². The lowest BCUT2D eigenvalue weighted by atomic mass is 10.2. The summed E-state index contributed by atoms with van der Waals surface area (Å²) in [7, 11) is 0. The third-order valence-corrected chi connectivity index (χ3v) is 2.92. The topological polar surface area (TPSA) is 54.0 Å². The van der Waals surface area contributed by atoms with Crippen LogP contribution in [0.2, 0.25) is 0 Å². The molecule has 1 aromatic rings. The quantitative estimate of drug-likeness (QED) is 0.687. The molecule has 18 heavy (non-hydrogen) atoms. The van der Waals surface area contributed by atoms with E-state index in [0.29, 0.717) is 12.6 Å². The number of aromatic nitrogens is 1. The van der Waals surface area contributed by atoms with E-state index in [9.17, 15) is 4.79 Å². The first-order valence-corrected chi connectivity index (χ1v) is 6.66. The Balaban J connectivity index is 2.12. The SMILES string of the molecule is CCC(CC)NC(=O)CNCCc1ccccn1. The second kappa shape index (κ2) is 8.64. The molecule has 0 unspecified atom stereocenters. The monoisotopic (exact) mass is 249 g/mol. The Morgan fingerprint density at radius 1 is 1.33 bits per heavy atom. The van der Waals surface area contributed by atoms with Gasteiger partial charge in [-0.25, -0.2) is 0 Å². The highest BCUT2D eigenvalue weighted by atomic mass is 16.1. The number of nitrogens with one attached hydrogen (secondary N) is 2. The lowest BCUT2D eigenvalue weighted by Crippen LogP contribution is -2.40. The Morgan fingerprint density at radius 3 is 2.72 bits per heavy atom. The minimum absolute atomic E-state index is 0.0738. The number of hydrogen-bond acceptors (Lipinski definition) is 3. The average Bonchev–Trinajstić information content (AvgIpc) is 2.42. The van der Waals surface area contributed by atoms with E-state index in [1.54, 1.807) is 6.20 Å². The molecule has 0 saturated heterocycles. The number of pyridine rings is 1. The number of carbonyl (C=O) groups excluding carboxylic acids is 1. The van der Waals surface area contributed by atoms with Gasteiger partial charge in [0, 0.05) is 30.9 Å². The Labute approximate surface area is 109 Å². The zero-order chi connectivity index (χ0) is 13.2. The zero-order valence-electron chi connectivity index (χ0n) is 11.3. The molecule has 2 N–H and O–H groups in total. The van der Waals surface area contributed by atoms with E-state index in [4.69, 9.17) is 0 Å². The fourth-order valence-corrected chi connectivity index (χ4v) is 1.74. The standard InChI is InChI=1S/C14H23N3O/c1-3-12(4-2)17-14(18)11-15-10-8-13-7-5-6-9-16-13/h5-7,9,12,15H,3-4,8,10-11H2,1-2H3,(H,17,18). The van der Waals surface area contributed by atoms with Crippen molar-refractivity contribution < 1.29 is 4.79 Å². The molecule has 0 aliphatic carbocycles. The average molecular weight is 249 g/mol. The van der Waals surface area contributed by atoms with Crippen molar-refractivity contribution in [1.29, 1.82) is 0 Å². The molecule has 0 aromatic carbocycles. The first kappa shape index (κ1) is 14.6. The molecule has 0 atom stereocenters. The van der Waals surface area contributed by atoms with Crippen LogP contribution in [-0.4, -0.2) is 30.0 Å². The molecule has 100 valence electrons. The van der Waals surface area contributed by atoms with Crippen molar-refractivity contribution in [3.05, 3.63) is 30.1 Å². The highest BCUT2D eigenvalue weighted by Crippen LogP contribution is 1.95. The van der Waals surface area contributed by atoms with Crippen LogP contribution in [0.4, 0.5) is 0 Å². The smallest absolute Gasteiger partial charge is 0.234 e. The largest absolute Gasteiger partial charge is 0.352 e. The van der Waals surface area contributed by atoms with Gasteiger partial charge in [0.25, 0.3) is 0 Å². The molecular weight excluding hydrogens is 226 g/mol. The number of carbonyl (C=O) groups is 1. The minimum atomic E-state index is 0.0738. The number of hydrogen-bond donors (Lipinski definition) is 2. The van der Waals surface area contributed by atoms with Gasteiger partial charge in [0.15, 0.2) is 0 Å². The second-order valence-electron chi connectivity index (χ2n) is 4.33. The maximum absolute atomic E-state index is 11.6. The van der Waals surface area contributed by atoms with Crippen LogP contribution in [0.5, 0.6) is 0 Å². The Hall–Kier alpha value is -1.42. The van der Waals surface area contributed by atoms with Gasteiger partial charge in [-0.05, 0) is 25.0 Å². The second-order valence-corrected chi connectivity index (χ2v) is 4.33. The summed E-state index contributed by atoms with van der Waals surface area (Å²) in [5, 5.41) is 6.13. The van der Waals surface area contributed by atoms with Gasteiger partial charge in [-0.3, -0.25) is 9.78 Å². The maximum Gasteiger partial charge on any atom is 0.234 e. The van der Waals surface area contributed by atoms with Crippen molar-refractivity contribution in [3.8, 4) is 0 Å². The third-order valence-electron chi connectivity index (χ3n) is 2.92. The summed E-state index contributed by atoms with van der Waals surface area (Å²) in [5.74, 6) is 0.0738. The van der Waals surface area contributed by atoms with Crippen molar-refractivity contribution in [2.24, 2.45) is 0 Å². The summed E-state index contributed by atoms with van der Waals surface area (Å²) in [5.41, 5.74) is 1.05. The van der Waals surface area contributed by atoms with E-state index in [0.717, 1.165) is 31.5 Å². The maximum atomic E-state index is 11.6.